The van der Waals surface area contributed by atoms with Gasteiger partial charge in [0, 0.05) is 12.5 Å². The van der Waals surface area contributed by atoms with E-state index >= 15 is 0 Å². The zero-order valence-electron chi connectivity index (χ0n) is 14.6. The van der Waals surface area contributed by atoms with Gasteiger partial charge in [-0.3, -0.25) is 4.79 Å². The van der Waals surface area contributed by atoms with Gasteiger partial charge in [-0.1, -0.05) is 80.9 Å². The predicted molar refractivity (Wildman–Crippen MR) is 99.8 cm³/mol. The largest absolute Gasteiger partial charge is 0.355 e. The van der Waals surface area contributed by atoms with E-state index in [1.54, 1.807) is 0 Å². The minimum absolute atomic E-state index is 0.0516. The molecule has 3 heteroatoms. The lowest BCUT2D eigenvalue weighted by atomic mass is 9.88. The molecule has 24 heavy (non-hydrogen) atoms. The third-order valence-electron chi connectivity index (χ3n) is 4.70. The third kappa shape index (κ3) is 4.93. The highest BCUT2D eigenvalue weighted by Gasteiger charge is 2.20. The van der Waals surface area contributed by atoms with E-state index in [1.165, 1.54) is 11.1 Å². The standard InChI is InChI=1S/C21H28N2O/c1-3-16(2)20(22)21(24)23-15-14-19(17-10-6-4-7-11-17)18-12-8-5-9-13-18/h4-13,16,19-20H,3,14-15,22H2,1-2H3,(H,23,24)/t16-,20-/m0/s1. The summed E-state index contributed by atoms with van der Waals surface area (Å²) in [5.74, 6) is 0.417. The van der Waals surface area contributed by atoms with Crippen LogP contribution in [0.5, 0.6) is 0 Å². The van der Waals surface area contributed by atoms with E-state index in [4.69, 9.17) is 5.73 Å². The summed E-state index contributed by atoms with van der Waals surface area (Å²) < 4.78 is 0. The summed E-state index contributed by atoms with van der Waals surface area (Å²) in [6.45, 7) is 4.69. The predicted octanol–water partition coefficient (Wildman–Crippen LogP) is 3.70. The van der Waals surface area contributed by atoms with E-state index in [0.717, 1.165) is 12.8 Å². The Morgan fingerprint density at radius 2 is 1.50 bits per heavy atom. The van der Waals surface area contributed by atoms with Gasteiger partial charge in [0.15, 0.2) is 0 Å². The fourth-order valence-electron chi connectivity index (χ4n) is 2.87. The van der Waals surface area contributed by atoms with Crippen LogP contribution in [0.1, 0.15) is 43.7 Å². The zero-order valence-corrected chi connectivity index (χ0v) is 14.6. The lowest BCUT2D eigenvalue weighted by Crippen LogP contribution is -2.45. The molecular weight excluding hydrogens is 296 g/mol. The maximum absolute atomic E-state index is 12.2. The van der Waals surface area contributed by atoms with E-state index in [-0.39, 0.29) is 17.7 Å². The molecule has 2 aromatic rings. The summed E-state index contributed by atoms with van der Waals surface area (Å²) in [4.78, 5) is 12.2. The second-order valence-electron chi connectivity index (χ2n) is 6.36. The van der Waals surface area contributed by atoms with Crippen LogP contribution < -0.4 is 11.1 Å². The molecule has 2 atom stereocenters. The topological polar surface area (TPSA) is 55.1 Å². The van der Waals surface area contributed by atoms with Crippen molar-refractivity contribution in [1.29, 1.82) is 0 Å². The highest BCUT2D eigenvalue weighted by atomic mass is 16.2. The van der Waals surface area contributed by atoms with Crippen LogP contribution in [0.3, 0.4) is 0 Å². The first-order valence-corrected chi connectivity index (χ1v) is 8.76. The third-order valence-corrected chi connectivity index (χ3v) is 4.70. The van der Waals surface area contributed by atoms with E-state index in [1.807, 2.05) is 19.1 Å². The van der Waals surface area contributed by atoms with Gasteiger partial charge in [-0.25, -0.2) is 0 Å². The van der Waals surface area contributed by atoms with Crippen molar-refractivity contribution >= 4 is 5.91 Å². The first kappa shape index (κ1) is 18.2. The summed E-state index contributed by atoms with van der Waals surface area (Å²) in [6.07, 6.45) is 1.76. The van der Waals surface area contributed by atoms with Crippen molar-refractivity contribution < 1.29 is 4.79 Å². The Bertz CT molecular complexity index is 573. The maximum Gasteiger partial charge on any atom is 0.237 e. The van der Waals surface area contributed by atoms with Gasteiger partial charge in [0.1, 0.15) is 0 Å². The van der Waals surface area contributed by atoms with Crippen molar-refractivity contribution in [1.82, 2.24) is 5.32 Å². The Balaban J connectivity index is 2.01. The number of amides is 1. The van der Waals surface area contributed by atoms with E-state index in [2.05, 4.69) is 60.8 Å². The summed E-state index contributed by atoms with van der Waals surface area (Å²) >= 11 is 0. The molecule has 2 rings (SSSR count). The molecule has 2 aromatic carbocycles. The van der Waals surface area contributed by atoms with Crippen LogP contribution in [0.15, 0.2) is 60.7 Å². The maximum atomic E-state index is 12.2. The van der Waals surface area contributed by atoms with Crippen LogP contribution in [0.25, 0.3) is 0 Å². The Hall–Kier alpha value is -2.13. The number of carbonyl (C=O) groups is 1. The molecule has 0 aromatic heterocycles. The van der Waals surface area contributed by atoms with E-state index < -0.39 is 6.04 Å². The van der Waals surface area contributed by atoms with Crippen molar-refractivity contribution in [2.75, 3.05) is 6.54 Å². The Morgan fingerprint density at radius 1 is 1.00 bits per heavy atom. The minimum atomic E-state index is -0.429. The van der Waals surface area contributed by atoms with Crippen molar-refractivity contribution in [2.24, 2.45) is 11.7 Å². The molecule has 0 spiro atoms. The molecule has 0 aliphatic heterocycles. The minimum Gasteiger partial charge on any atom is -0.355 e. The molecule has 0 aliphatic carbocycles. The van der Waals surface area contributed by atoms with Gasteiger partial charge in [-0.2, -0.15) is 0 Å². The van der Waals surface area contributed by atoms with Gasteiger partial charge in [0.25, 0.3) is 0 Å². The number of nitrogens with one attached hydrogen (secondary N) is 1. The molecule has 0 fully saturated rings. The number of nitrogens with two attached hydrogens (primary N) is 1. The van der Waals surface area contributed by atoms with Crippen molar-refractivity contribution in [3.05, 3.63) is 71.8 Å². The normalized spacial score (nSPS) is 13.5. The monoisotopic (exact) mass is 324 g/mol. The SMILES string of the molecule is CC[C@H](C)[C@H](N)C(=O)NCCC(c1ccccc1)c1ccccc1. The first-order valence-electron chi connectivity index (χ1n) is 8.76. The number of rotatable bonds is 8. The molecule has 0 heterocycles. The van der Waals surface area contributed by atoms with Crippen LogP contribution in [-0.4, -0.2) is 18.5 Å². The molecule has 0 saturated carbocycles. The Kier molecular flexibility index (Phi) is 7.01. The van der Waals surface area contributed by atoms with Crippen LogP contribution >= 0.6 is 0 Å². The smallest absolute Gasteiger partial charge is 0.237 e. The number of carbonyl (C=O) groups excluding carboxylic acids is 1. The average molecular weight is 324 g/mol. The zero-order chi connectivity index (χ0) is 17.4. The van der Waals surface area contributed by atoms with Gasteiger partial charge in [-0.15, -0.1) is 0 Å². The van der Waals surface area contributed by atoms with Gasteiger partial charge < -0.3 is 11.1 Å². The molecule has 0 saturated heterocycles. The molecule has 1 amide bonds. The molecule has 3 nitrogen and oxygen atoms in total. The first-order chi connectivity index (χ1) is 11.6. The van der Waals surface area contributed by atoms with Gasteiger partial charge in [0.05, 0.1) is 6.04 Å². The van der Waals surface area contributed by atoms with Gasteiger partial charge in [0.2, 0.25) is 5.91 Å². The summed E-state index contributed by atoms with van der Waals surface area (Å²) in [5, 5.41) is 3.00. The summed E-state index contributed by atoms with van der Waals surface area (Å²) in [6, 6.07) is 20.4. The molecule has 0 radical (unpaired) electrons. The lowest BCUT2D eigenvalue weighted by molar-refractivity contribution is -0.123. The molecule has 0 unspecified atom stereocenters. The fourth-order valence-corrected chi connectivity index (χ4v) is 2.87. The lowest BCUT2D eigenvalue weighted by Gasteiger charge is -2.21. The highest BCUT2D eigenvalue weighted by molar-refractivity contribution is 5.81. The second-order valence-corrected chi connectivity index (χ2v) is 6.36. The summed E-state index contributed by atoms with van der Waals surface area (Å²) in [5.41, 5.74) is 8.53. The molecule has 0 bridgehead atoms. The van der Waals surface area contributed by atoms with Crippen LogP contribution in [-0.2, 0) is 4.79 Å². The van der Waals surface area contributed by atoms with Gasteiger partial charge in [-0.05, 0) is 23.5 Å². The molecule has 0 aliphatic rings. The van der Waals surface area contributed by atoms with E-state index in [9.17, 15) is 4.79 Å². The van der Waals surface area contributed by atoms with Crippen molar-refractivity contribution in [2.45, 2.75) is 38.6 Å². The van der Waals surface area contributed by atoms with Crippen molar-refractivity contribution in [3.63, 3.8) is 0 Å². The number of hydrogen-bond donors (Lipinski definition) is 2. The van der Waals surface area contributed by atoms with Crippen LogP contribution in [0.4, 0.5) is 0 Å². The number of hydrogen-bond acceptors (Lipinski definition) is 2. The van der Waals surface area contributed by atoms with Crippen molar-refractivity contribution in [3.8, 4) is 0 Å². The quantitative estimate of drug-likeness (QED) is 0.778. The second kappa shape index (κ2) is 9.24. The van der Waals surface area contributed by atoms with Gasteiger partial charge >= 0.3 is 0 Å². The summed E-state index contributed by atoms with van der Waals surface area (Å²) in [7, 11) is 0. The Labute approximate surface area is 145 Å². The number of benzene rings is 2. The molecule has 128 valence electrons. The highest BCUT2D eigenvalue weighted by Crippen LogP contribution is 2.27. The average Bonchev–Trinajstić information content (AvgIpc) is 2.65. The van der Waals surface area contributed by atoms with Crippen LogP contribution in [0.2, 0.25) is 0 Å². The van der Waals surface area contributed by atoms with E-state index in [0.29, 0.717) is 6.54 Å². The van der Waals surface area contributed by atoms with Crippen LogP contribution in [0, 0.1) is 5.92 Å². The fraction of sp³-hybridized carbons (Fsp3) is 0.381. The molecular formula is C21H28N2O. The Morgan fingerprint density at radius 3 is 1.96 bits per heavy atom. The molecule has 3 N–H and O–H groups in total.